The molecule has 3 N–H and O–H groups in total. The summed E-state index contributed by atoms with van der Waals surface area (Å²) in [5, 5.41) is 8.92. The second kappa shape index (κ2) is 11.9. The number of nitrogens with one attached hydrogen (secondary N) is 3. The minimum Gasteiger partial charge on any atom is -0.354 e. The van der Waals surface area contributed by atoms with Gasteiger partial charge in [0.25, 0.3) is 5.91 Å². The summed E-state index contributed by atoms with van der Waals surface area (Å²) in [4.78, 5) is 16.0. The quantitative estimate of drug-likeness (QED) is 0.273. The third-order valence-corrected chi connectivity index (χ3v) is 6.27. The van der Waals surface area contributed by atoms with Crippen molar-refractivity contribution in [2.45, 2.75) is 37.9 Å². The lowest BCUT2D eigenvalue weighted by Crippen LogP contribution is -2.51. The van der Waals surface area contributed by atoms with Crippen LogP contribution in [0.25, 0.3) is 0 Å². The Morgan fingerprint density at radius 1 is 1.23 bits per heavy atom. The van der Waals surface area contributed by atoms with Gasteiger partial charge in [0, 0.05) is 44.8 Å². The summed E-state index contributed by atoms with van der Waals surface area (Å²) in [6.07, 6.45) is 0.450. The number of rotatable bonds is 6. The molecule has 1 aromatic rings. The number of guanidine groups is 1. The van der Waals surface area contributed by atoms with Crippen LogP contribution in [0.3, 0.4) is 0 Å². The lowest BCUT2D eigenvalue weighted by molar-refractivity contribution is -0.0494. The molecule has 0 unspecified atom stereocenters. The van der Waals surface area contributed by atoms with Gasteiger partial charge < -0.3 is 16.0 Å². The number of hydrogen-bond acceptors (Lipinski definition) is 4. The molecule has 1 heterocycles. The Bertz CT molecular complexity index is 872. The Hall–Kier alpha value is -1.61. The summed E-state index contributed by atoms with van der Waals surface area (Å²) < 4.78 is 61.4. The Balaban J connectivity index is 0.00000480. The van der Waals surface area contributed by atoms with Gasteiger partial charge in [-0.05, 0) is 37.5 Å². The maximum atomic E-state index is 12.7. The highest BCUT2D eigenvalue weighted by atomic mass is 127. The molecule has 176 valence electrons. The number of benzene rings is 1. The number of sulfonamides is 1. The van der Waals surface area contributed by atoms with Crippen molar-refractivity contribution in [1.29, 1.82) is 0 Å². The second-order valence-electron chi connectivity index (χ2n) is 6.75. The lowest BCUT2D eigenvalue weighted by atomic mass is 10.1. The molecule has 13 heteroatoms. The van der Waals surface area contributed by atoms with Crippen molar-refractivity contribution in [3.8, 4) is 0 Å². The number of piperidine rings is 1. The van der Waals surface area contributed by atoms with Crippen LogP contribution < -0.4 is 16.0 Å². The average molecular weight is 577 g/mol. The molecule has 1 amide bonds. The number of alkyl halides is 3. The van der Waals surface area contributed by atoms with E-state index in [0.29, 0.717) is 28.9 Å². The molecule has 1 saturated heterocycles. The minimum absolute atomic E-state index is 0. The van der Waals surface area contributed by atoms with Crippen LogP contribution in [0, 0.1) is 0 Å². The number of carbonyl (C=O) groups excluding carboxylic acids is 1. The van der Waals surface area contributed by atoms with Crippen LogP contribution in [0.15, 0.2) is 29.3 Å². The van der Waals surface area contributed by atoms with E-state index in [-0.39, 0.29) is 61.9 Å². The minimum atomic E-state index is -5.29. The van der Waals surface area contributed by atoms with E-state index >= 15 is 0 Å². The Morgan fingerprint density at radius 3 is 2.42 bits per heavy atom. The van der Waals surface area contributed by atoms with E-state index in [9.17, 15) is 26.4 Å². The van der Waals surface area contributed by atoms with Crippen molar-refractivity contribution in [3.05, 3.63) is 35.4 Å². The molecule has 1 aliphatic heterocycles. The predicted molar refractivity (Wildman–Crippen MR) is 123 cm³/mol. The van der Waals surface area contributed by atoms with Crippen molar-refractivity contribution in [1.82, 2.24) is 20.3 Å². The molecule has 1 aliphatic rings. The van der Waals surface area contributed by atoms with E-state index in [4.69, 9.17) is 0 Å². The van der Waals surface area contributed by atoms with E-state index in [2.05, 4.69) is 20.9 Å². The zero-order valence-electron chi connectivity index (χ0n) is 17.2. The van der Waals surface area contributed by atoms with Crippen molar-refractivity contribution in [2.75, 3.05) is 26.7 Å². The van der Waals surface area contributed by atoms with E-state index in [1.54, 1.807) is 25.2 Å². The molecule has 0 saturated carbocycles. The molecule has 1 aromatic carbocycles. The largest absolute Gasteiger partial charge is 0.511 e. The number of amides is 1. The third kappa shape index (κ3) is 7.49. The topological polar surface area (TPSA) is 103 Å². The Labute approximate surface area is 197 Å². The molecule has 2 rings (SSSR count). The maximum absolute atomic E-state index is 12.7. The van der Waals surface area contributed by atoms with Crippen LogP contribution in [-0.4, -0.2) is 62.8 Å². The van der Waals surface area contributed by atoms with Gasteiger partial charge in [-0.1, -0.05) is 12.1 Å². The van der Waals surface area contributed by atoms with Gasteiger partial charge in [0.05, 0.1) is 0 Å². The van der Waals surface area contributed by atoms with Crippen LogP contribution in [0.4, 0.5) is 13.2 Å². The van der Waals surface area contributed by atoms with Gasteiger partial charge in [0.1, 0.15) is 0 Å². The number of halogens is 4. The van der Waals surface area contributed by atoms with Gasteiger partial charge >= 0.3 is 15.5 Å². The summed E-state index contributed by atoms with van der Waals surface area (Å²) in [7, 11) is -3.73. The molecule has 0 bridgehead atoms. The van der Waals surface area contributed by atoms with Gasteiger partial charge in [0.15, 0.2) is 5.96 Å². The van der Waals surface area contributed by atoms with Crippen LogP contribution in [0.1, 0.15) is 35.7 Å². The summed E-state index contributed by atoms with van der Waals surface area (Å²) in [5.74, 6) is 0.276. The van der Waals surface area contributed by atoms with Crippen molar-refractivity contribution in [3.63, 3.8) is 0 Å². The molecule has 0 atom stereocenters. The first-order valence-electron chi connectivity index (χ1n) is 9.49. The fourth-order valence-corrected chi connectivity index (χ4v) is 4.03. The first-order valence-corrected chi connectivity index (χ1v) is 10.9. The lowest BCUT2D eigenvalue weighted by Gasteiger charge is -2.32. The number of hydrogen-bond donors (Lipinski definition) is 3. The zero-order valence-corrected chi connectivity index (χ0v) is 20.3. The SMILES string of the molecule is CCNC(=O)c1cccc(CNC(=NC)NC2CCN(S(=O)(=O)C(F)(F)F)CC2)c1.I. The van der Waals surface area contributed by atoms with Crippen molar-refractivity contribution >= 4 is 45.9 Å². The standard InChI is InChI=1S/C18H26F3N5O3S.HI/c1-3-23-16(27)14-6-4-5-13(11-14)12-24-17(22-2)25-15-7-9-26(10-8-15)30(28,29)18(19,20)21;/h4-6,11,15H,3,7-10,12H2,1-2H3,(H,23,27)(H2,22,24,25);1H. The second-order valence-corrected chi connectivity index (χ2v) is 8.68. The van der Waals surface area contributed by atoms with Gasteiger partial charge in [0.2, 0.25) is 0 Å². The molecule has 0 radical (unpaired) electrons. The molecule has 0 aliphatic carbocycles. The van der Waals surface area contributed by atoms with Crippen LogP contribution >= 0.6 is 24.0 Å². The van der Waals surface area contributed by atoms with E-state index in [0.717, 1.165) is 5.56 Å². The van der Waals surface area contributed by atoms with Crippen molar-refractivity contribution in [2.24, 2.45) is 4.99 Å². The first-order chi connectivity index (χ1) is 14.1. The number of nitrogens with zero attached hydrogens (tertiary/aromatic N) is 2. The van der Waals surface area contributed by atoms with Gasteiger partial charge in [-0.2, -0.15) is 17.5 Å². The fourth-order valence-electron chi connectivity index (χ4n) is 3.05. The highest BCUT2D eigenvalue weighted by Gasteiger charge is 2.50. The number of carbonyl (C=O) groups is 1. The molecule has 0 spiro atoms. The Kier molecular flexibility index (Phi) is 10.5. The van der Waals surface area contributed by atoms with E-state index < -0.39 is 15.5 Å². The van der Waals surface area contributed by atoms with Crippen molar-refractivity contribution < 1.29 is 26.4 Å². The van der Waals surface area contributed by atoms with Crippen LogP contribution in [0.5, 0.6) is 0 Å². The summed E-state index contributed by atoms with van der Waals surface area (Å²) in [6.45, 7) is 2.31. The smallest absolute Gasteiger partial charge is 0.354 e. The highest BCUT2D eigenvalue weighted by molar-refractivity contribution is 14.0. The summed E-state index contributed by atoms with van der Waals surface area (Å²) in [5.41, 5.74) is -3.89. The molecular formula is C18H27F3IN5O3S. The molecule has 1 fully saturated rings. The van der Waals surface area contributed by atoms with Crippen LogP contribution in [-0.2, 0) is 16.6 Å². The summed E-state index contributed by atoms with van der Waals surface area (Å²) >= 11 is 0. The number of aliphatic imine (C=N–C) groups is 1. The van der Waals surface area contributed by atoms with Gasteiger partial charge in [-0.15, -0.1) is 24.0 Å². The molecule has 8 nitrogen and oxygen atoms in total. The predicted octanol–water partition coefficient (Wildman–Crippen LogP) is 2.03. The average Bonchev–Trinajstić information content (AvgIpc) is 2.71. The monoisotopic (exact) mass is 577 g/mol. The molecule has 31 heavy (non-hydrogen) atoms. The maximum Gasteiger partial charge on any atom is 0.511 e. The molecule has 0 aromatic heterocycles. The fraction of sp³-hybridized carbons (Fsp3) is 0.556. The van der Waals surface area contributed by atoms with Gasteiger partial charge in [-0.3, -0.25) is 9.79 Å². The normalized spacial score (nSPS) is 16.4. The Morgan fingerprint density at radius 2 is 1.87 bits per heavy atom. The van der Waals surface area contributed by atoms with Gasteiger partial charge in [-0.25, -0.2) is 8.42 Å². The summed E-state index contributed by atoms with van der Waals surface area (Å²) in [6, 6.07) is 6.88. The zero-order chi connectivity index (χ0) is 22.4. The van der Waals surface area contributed by atoms with E-state index in [1.165, 1.54) is 0 Å². The third-order valence-electron chi connectivity index (χ3n) is 4.64. The highest BCUT2D eigenvalue weighted by Crippen LogP contribution is 2.28. The first kappa shape index (κ1) is 27.4. The van der Waals surface area contributed by atoms with E-state index in [1.807, 2.05) is 13.0 Å². The molecular weight excluding hydrogens is 550 g/mol. The van der Waals surface area contributed by atoms with Crippen LogP contribution in [0.2, 0.25) is 0 Å².